The molecular weight excluding hydrogens is 434 g/mol. The van der Waals surface area contributed by atoms with Gasteiger partial charge in [-0.15, -0.1) is 0 Å². The number of nitrogens with one attached hydrogen (secondary N) is 2. The standard InChI is InChI=1S/C26H25N3O3S/c1-14(2)17-6-10-23-21(12-17)28-25(32-23)20-9-7-18(13-22(20)30)27-26(33)29-24(31)19-8-5-15(3)11-16(19)4/h5-14,30H,1-4H3,(H2,27,29,31,33). The molecule has 0 radical (unpaired) electrons. The number of phenols is 1. The summed E-state index contributed by atoms with van der Waals surface area (Å²) >= 11 is 5.27. The van der Waals surface area contributed by atoms with Crippen LogP contribution in [0.5, 0.6) is 5.75 Å². The monoisotopic (exact) mass is 459 g/mol. The molecule has 4 rings (SSSR count). The summed E-state index contributed by atoms with van der Waals surface area (Å²) in [4.78, 5) is 17.1. The first-order valence-electron chi connectivity index (χ1n) is 10.6. The second-order valence-corrected chi connectivity index (χ2v) is 8.77. The predicted octanol–water partition coefficient (Wildman–Crippen LogP) is 6.07. The van der Waals surface area contributed by atoms with Gasteiger partial charge in [-0.05, 0) is 73.4 Å². The molecule has 0 fully saturated rings. The fourth-order valence-electron chi connectivity index (χ4n) is 3.61. The van der Waals surface area contributed by atoms with Crippen LogP contribution in [0.3, 0.4) is 0 Å². The first kappa shape index (κ1) is 22.5. The van der Waals surface area contributed by atoms with Crippen LogP contribution >= 0.6 is 12.2 Å². The van der Waals surface area contributed by atoms with Gasteiger partial charge in [-0.1, -0.05) is 37.6 Å². The van der Waals surface area contributed by atoms with Gasteiger partial charge >= 0.3 is 0 Å². The molecule has 3 N–H and O–H groups in total. The van der Waals surface area contributed by atoms with Crippen LogP contribution in [0.25, 0.3) is 22.6 Å². The van der Waals surface area contributed by atoms with Crippen molar-refractivity contribution >= 4 is 40.0 Å². The maximum atomic E-state index is 12.5. The first-order valence-corrected chi connectivity index (χ1v) is 11.1. The number of anilines is 1. The van der Waals surface area contributed by atoms with Gasteiger partial charge in [0.2, 0.25) is 5.89 Å². The van der Waals surface area contributed by atoms with Gasteiger partial charge in [-0.3, -0.25) is 10.1 Å². The molecule has 3 aromatic carbocycles. The molecule has 1 heterocycles. The van der Waals surface area contributed by atoms with Crippen LogP contribution in [0.4, 0.5) is 5.69 Å². The van der Waals surface area contributed by atoms with E-state index in [-0.39, 0.29) is 16.8 Å². The topological polar surface area (TPSA) is 87.4 Å². The molecule has 0 saturated carbocycles. The third-order valence-corrected chi connectivity index (χ3v) is 5.62. The molecule has 6 nitrogen and oxygen atoms in total. The summed E-state index contributed by atoms with van der Waals surface area (Å²) in [6, 6.07) is 16.4. The van der Waals surface area contributed by atoms with Crippen molar-refractivity contribution in [2.24, 2.45) is 0 Å². The van der Waals surface area contributed by atoms with Crippen LogP contribution in [0.2, 0.25) is 0 Å². The molecule has 7 heteroatoms. The summed E-state index contributed by atoms with van der Waals surface area (Å²) in [5, 5.41) is 16.3. The Morgan fingerprint density at radius 1 is 1.06 bits per heavy atom. The van der Waals surface area contributed by atoms with Crippen LogP contribution in [-0.2, 0) is 0 Å². The van der Waals surface area contributed by atoms with E-state index < -0.39 is 0 Å². The van der Waals surface area contributed by atoms with Crippen molar-refractivity contribution in [2.75, 3.05) is 5.32 Å². The van der Waals surface area contributed by atoms with Crippen molar-refractivity contribution in [1.82, 2.24) is 10.3 Å². The van der Waals surface area contributed by atoms with E-state index in [1.165, 1.54) is 11.6 Å². The number of hydrogen-bond donors (Lipinski definition) is 3. The second-order valence-electron chi connectivity index (χ2n) is 8.36. The summed E-state index contributed by atoms with van der Waals surface area (Å²) in [6.45, 7) is 8.09. The van der Waals surface area contributed by atoms with E-state index in [4.69, 9.17) is 16.6 Å². The summed E-state index contributed by atoms with van der Waals surface area (Å²) in [7, 11) is 0. The Morgan fingerprint density at radius 3 is 2.55 bits per heavy atom. The number of oxazole rings is 1. The Labute approximate surface area is 197 Å². The highest BCUT2D eigenvalue weighted by atomic mass is 32.1. The third kappa shape index (κ3) is 4.88. The van der Waals surface area contributed by atoms with Crippen molar-refractivity contribution in [3.63, 3.8) is 0 Å². The maximum Gasteiger partial charge on any atom is 0.257 e. The average molecular weight is 460 g/mol. The molecule has 0 unspecified atom stereocenters. The minimum absolute atomic E-state index is 0.0147. The Morgan fingerprint density at radius 2 is 1.85 bits per heavy atom. The zero-order valence-electron chi connectivity index (χ0n) is 18.9. The van der Waals surface area contributed by atoms with Gasteiger partial charge in [0.1, 0.15) is 11.3 Å². The van der Waals surface area contributed by atoms with E-state index in [1.54, 1.807) is 18.2 Å². The largest absolute Gasteiger partial charge is 0.507 e. The van der Waals surface area contributed by atoms with Gasteiger partial charge < -0.3 is 14.8 Å². The highest BCUT2D eigenvalue weighted by molar-refractivity contribution is 7.80. The van der Waals surface area contributed by atoms with E-state index in [0.29, 0.717) is 34.2 Å². The Bertz CT molecular complexity index is 1370. The molecule has 0 aliphatic heterocycles. The van der Waals surface area contributed by atoms with Crippen LogP contribution in [0, 0.1) is 13.8 Å². The van der Waals surface area contributed by atoms with E-state index in [0.717, 1.165) is 16.6 Å². The van der Waals surface area contributed by atoms with Gasteiger partial charge in [0, 0.05) is 17.3 Å². The zero-order chi connectivity index (χ0) is 23.7. The number of aryl methyl sites for hydroxylation is 2. The molecule has 0 aliphatic carbocycles. The van der Waals surface area contributed by atoms with Crippen molar-refractivity contribution in [3.8, 4) is 17.2 Å². The van der Waals surface area contributed by atoms with Gasteiger partial charge in [0.15, 0.2) is 10.7 Å². The Kier molecular flexibility index (Phi) is 6.16. The molecule has 0 aliphatic rings. The first-order chi connectivity index (χ1) is 15.7. The zero-order valence-corrected chi connectivity index (χ0v) is 19.7. The molecule has 0 spiro atoms. The number of hydrogen-bond acceptors (Lipinski definition) is 5. The number of benzene rings is 3. The fourth-order valence-corrected chi connectivity index (χ4v) is 3.82. The molecule has 1 amide bonds. The minimum Gasteiger partial charge on any atom is -0.507 e. The lowest BCUT2D eigenvalue weighted by Gasteiger charge is -2.12. The predicted molar refractivity (Wildman–Crippen MR) is 135 cm³/mol. The van der Waals surface area contributed by atoms with Crippen molar-refractivity contribution in [1.29, 1.82) is 0 Å². The van der Waals surface area contributed by atoms with Crippen molar-refractivity contribution in [2.45, 2.75) is 33.6 Å². The van der Waals surface area contributed by atoms with E-state index in [9.17, 15) is 9.90 Å². The lowest BCUT2D eigenvalue weighted by molar-refractivity contribution is 0.0977. The molecular formula is C26H25N3O3S. The summed E-state index contributed by atoms with van der Waals surface area (Å²) < 4.78 is 5.84. The average Bonchev–Trinajstić information content (AvgIpc) is 3.16. The molecule has 168 valence electrons. The Balaban J connectivity index is 1.49. The smallest absolute Gasteiger partial charge is 0.257 e. The fraction of sp³-hybridized carbons (Fsp3) is 0.192. The number of rotatable bonds is 4. The van der Waals surface area contributed by atoms with E-state index in [2.05, 4.69) is 29.5 Å². The summed E-state index contributed by atoms with van der Waals surface area (Å²) in [6.07, 6.45) is 0. The number of aromatic nitrogens is 1. The summed E-state index contributed by atoms with van der Waals surface area (Å²) in [5.41, 5.74) is 6.07. The van der Waals surface area contributed by atoms with Crippen molar-refractivity contribution < 1.29 is 14.3 Å². The number of nitrogens with zero attached hydrogens (tertiary/aromatic N) is 1. The van der Waals surface area contributed by atoms with Gasteiger partial charge in [-0.25, -0.2) is 4.98 Å². The number of fused-ring (bicyclic) bond motifs is 1. The van der Waals surface area contributed by atoms with E-state index >= 15 is 0 Å². The number of carbonyl (C=O) groups is 1. The molecule has 0 bridgehead atoms. The molecule has 1 aromatic heterocycles. The van der Waals surface area contributed by atoms with Gasteiger partial charge in [0.05, 0.1) is 5.56 Å². The second kappa shape index (κ2) is 9.03. The minimum atomic E-state index is -0.293. The quantitative estimate of drug-likeness (QED) is 0.321. The highest BCUT2D eigenvalue weighted by Crippen LogP contribution is 2.33. The van der Waals surface area contributed by atoms with E-state index in [1.807, 2.05) is 44.2 Å². The number of carbonyl (C=O) groups excluding carboxylic acids is 1. The Hall–Kier alpha value is -3.71. The normalized spacial score (nSPS) is 11.1. The molecule has 0 saturated heterocycles. The SMILES string of the molecule is Cc1ccc(C(=O)NC(=S)Nc2ccc(-c3nc4cc(C(C)C)ccc4o3)c(O)c2)c(C)c1. The van der Waals surface area contributed by atoms with Crippen LogP contribution in [0.1, 0.15) is 46.8 Å². The van der Waals surface area contributed by atoms with Gasteiger partial charge in [-0.2, -0.15) is 0 Å². The number of amides is 1. The lowest BCUT2D eigenvalue weighted by Crippen LogP contribution is -2.34. The summed E-state index contributed by atoms with van der Waals surface area (Å²) in [5.74, 6) is 0.408. The molecule has 4 aromatic rings. The maximum absolute atomic E-state index is 12.5. The van der Waals surface area contributed by atoms with Crippen LogP contribution in [0.15, 0.2) is 59.0 Å². The molecule has 33 heavy (non-hydrogen) atoms. The van der Waals surface area contributed by atoms with Crippen LogP contribution < -0.4 is 10.6 Å². The number of thiocarbonyl (C=S) groups is 1. The van der Waals surface area contributed by atoms with Gasteiger partial charge in [0.25, 0.3) is 5.91 Å². The van der Waals surface area contributed by atoms with Crippen molar-refractivity contribution in [3.05, 3.63) is 76.9 Å². The third-order valence-electron chi connectivity index (χ3n) is 5.42. The number of phenolic OH excluding ortho intramolecular Hbond substituents is 1. The highest BCUT2D eigenvalue weighted by Gasteiger charge is 2.15. The van der Waals surface area contributed by atoms with Crippen LogP contribution in [-0.4, -0.2) is 21.1 Å². The number of aromatic hydroxyl groups is 1. The lowest BCUT2D eigenvalue weighted by atomic mass is 10.0. The molecule has 0 atom stereocenters.